The molecule has 2 rings (SSSR count). The van der Waals surface area contributed by atoms with E-state index < -0.39 is 0 Å². The largest absolute Gasteiger partial charge is 0.393 e. The van der Waals surface area contributed by atoms with E-state index in [9.17, 15) is 9.90 Å². The molecule has 2 heterocycles. The number of amides is 1. The van der Waals surface area contributed by atoms with Gasteiger partial charge in [-0.25, -0.2) is 0 Å². The summed E-state index contributed by atoms with van der Waals surface area (Å²) in [5.74, 6) is 0.427. The van der Waals surface area contributed by atoms with E-state index >= 15 is 0 Å². The first-order valence-corrected chi connectivity index (χ1v) is 7.35. The minimum Gasteiger partial charge on any atom is -0.393 e. The van der Waals surface area contributed by atoms with Gasteiger partial charge in [0.1, 0.15) is 0 Å². The first-order chi connectivity index (χ1) is 9.40. The van der Waals surface area contributed by atoms with E-state index in [0.717, 1.165) is 30.8 Å². The maximum Gasteiger partial charge on any atom is 0.222 e. The molecule has 2 unspecified atom stereocenters. The van der Waals surface area contributed by atoms with Gasteiger partial charge in [0.2, 0.25) is 5.91 Å². The van der Waals surface area contributed by atoms with Gasteiger partial charge in [0.15, 0.2) is 0 Å². The molecule has 1 aliphatic rings. The van der Waals surface area contributed by atoms with Crippen LogP contribution in [0.2, 0.25) is 0 Å². The zero-order valence-corrected chi connectivity index (χ0v) is 12.9. The molecular weight excluding hydrogens is 254 g/mol. The van der Waals surface area contributed by atoms with Gasteiger partial charge < -0.3 is 10.0 Å². The van der Waals surface area contributed by atoms with E-state index in [1.807, 2.05) is 30.5 Å². The van der Waals surface area contributed by atoms with E-state index in [1.165, 1.54) is 5.56 Å². The molecule has 5 nitrogen and oxygen atoms in total. The molecule has 0 spiro atoms. The molecular formula is C15H25N3O2. The number of aliphatic hydroxyl groups excluding tert-OH is 1. The highest BCUT2D eigenvalue weighted by molar-refractivity contribution is 5.76. The van der Waals surface area contributed by atoms with Crippen molar-refractivity contribution in [3.8, 4) is 0 Å². The Morgan fingerprint density at radius 1 is 1.50 bits per heavy atom. The lowest BCUT2D eigenvalue weighted by atomic mass is 10.0. The maximum atomic E-state index is 12.2. The van der Waals surface area contributed by atoms with Crippen LogP contribution < -0.4 is 0 Å². The number of aryl methyl sites for hydroxylation is 2. The first-order valence-electron chi connectivity index (χ1n) is 7.35. The summed E-state index contributed by atoms with van der Waals surface area (Å²) in [5, 5.41) is 14.0. The number of hydrogen-bond donors (Lipinski definition) is 1. The SMILES string of the molecule is Cc1nn(C)c(C)c1CCC(=O)N1CCC(C(C)O)C1. The van der Waals surface area contributed by atoms with Crippen LogP contribution in [0.15, 0.2) is 0 Å². The second kappa shape index (κ2) is 5.95. The van der Waals surface area contributed by atoms with E-state index in [2.05, 4.69) is 5.10 Å². The van der Waals surface area contributed by atoms with E-state index in [4.69, 9.17) is 0 Å². The Morgan fingerprint density at radius 3 is 2.70 bits per heavy atom. The van der Waals surface area contributed by atoms with Crippen molar-refractivity contribution in [3.05, 3.63) is 17.0 Å². The van der Waals surface area contributed by atoms with Crippen molar-refractivity contribution < 1.29 is 9.90 Å². The van der Waals surface area contributed by atoms with Gasteiger partial charge in [0.25, 0.3) is 0 Å². The number of carbonyl (C=O) groups excluding carboxylic acids is 1. The summed E-state index contributed by atoms with van der Waals surface area (Å²) in [7, 11) is 1.93. The molecule has 1 aromatic rings. The molecule has 0 saturated carbocycles. The molecule has 5 heteroatoms. The number of hydrogen-bond acceptors (Lipinski definition) is 3. The molecule has 0 aliphatic carbocycles. The van der Waals surface area contributed by atoms with Gasteiger partial charge in [-0.15, -0.1) is 0 Å². The lowest BCUT2D eigenvalue weighted by Gasteiger charge is -2.17. The summed E-state index contributed by atoms with van der Waals surface area (Å²) in [6, 6.07) is 0. The standard InChI is InChI=1S/C15H25N3O2/c1-10-14(11(2)17(4)16-10)5-6-15(20)18-8-7-13(9-18)12(3)19/h12-13,19H,5-9H2,1-4H3. The summed E-state index contributed by atoms with van der Waals surface area (Å²) in [6.07, 6.45) is 1.87. The molecule has 0 radical (unpaired) electrons. The third-order valence-electron chi connectivity index (χ3n) is 4.51. The molecule has 2 atom stereocenters. The van der Waals surface area contributed by atoms with Crippen LogP contribution in [0.25, 0.3) is 0 Å². The molecule has 1 saturated heterocycles. The lowest BCUT2D eigenvalue weighted by molar-refractivity contribution is -0.130. The van der Waals surface area contributed by atoms with E-state index in [1.54, 1.807) is 6.92 Å². The van der Waals surface area contributed by atoms with Crippen LogP contribution in [0.5, 0.6) is 0 Å². The van der Waals surface area contributed by atoms with Crippen molar-refractivity contribution in [2.75, 3.05) is 13.1 Å². The lowest BCUT2D eigenvalue weighted by Crippen LogP contribution is -2.30. The van der Waals surface area contributed by atoms with Crippen LogP contribution in [0.4, 0.5) is 0 Å². The molecule has 112 valence electrons. The summed E-state index contributed by atoms with van der Waals surface area (Å²) >= 11 is 0. The predicted molar refractivity (Wildman–Crippen MR) is 77.4 cm³/mol. The van der Waals surface area contributed by atoms with Crippen LogP contribution in [-0.2, 0) is 18.3 Å². The van der Waals surface area contributed by atoms with Crippen LogP contribution in [-0.4, -0.2) is 44.9 Å². The molecule has 1 fully saturated rings. The van der Waals surface area contributed by atoms with Crippen LogP contribution in [0.1, 0.15) is 36.7 Å². The van der Waals surface area contributed by atoms with Crippen molar-refractivity contribution in [3.63, 3.8) is 0 Å². The predicted octanol–water partition coefficient (Wildman–Crippen LogP) is 1.20. The molecule has 1 N–H and O–H groups in total. The number of aromatic nitrogens is 2. The molecule has 20 heavy (non-hydrogen) atoms. The summed E-state index contributed by atoms with van der Waals surface area (Å²) < 4.78 is 1.87. The Labute approximate surface area is 120 Å². The summed E-state index contributed by atoms with van der Waals surface area (Å²) in [4.78, 5) is 14.1. The maximum absolute atomic E-state index is 12.2. The smallest absolute Gasteiger partial charge is 0.222 e. The van der Waals surface area contributed by atoms with Gasteiger partial charge in [-0.2, -0.15) is 5.10 Å². The van der Waals surface area contributed by atoms with Gasteiger partial charge in [-0.1, -0.05) is 0 Å². The van der Waals surface area contributed by atoms with E-state index in [0.29, 0.717) is 13.0 Å². The number of rotatable bonds is 4. The zero-order chi connectivity index (χ0) is 14.9. The molecule has 0 bridgehead atoms. The van der Waals surface area contributed by atoms with Gasteiger partial charge in [-0.3, -0.25) is 9.48 Å². The van der Waals surface area contributed by atoms with Gasteiger partial charge in [0.05, 0.1) is 11.8 Å². The second-order valence-electron chi connectivity index (χ2n) is 5.90. The fourth-order valence-electron chi connectivity index (χ4n) is 2.98. The minimum atomic E-state index is -0.324. The van der Waals surface area contributed by atoms with Gasteiger partial charge >= 0.3 is 0 Å². The highest BCUT2D eigenvalue weighted by atomic mass is 16.3. The average molecular weight is 279 g/mol. The zero-order valence-electron chi connectivity index (χ0n) is 12.9. The number of nitrogens with zero attached hydrogens (tertiary/aromatic N) is 3. The number of likely N-dealkylation sites (tertiary alicyclic amines) is 1. The summed E-state index contributed by atoms with van der Waals surface area (Å²) in [5.41, 5.74) is 3.34. The van der Waals surface area contributed by atoms with Crippen LogP contribution in [0.3, 0.4) is 0 Å². The van der Waals surface area contributed by atoms with Crippen molar-refractivity contribution in [1.82, 2.24) is 14.7 Å². The summed E-state index contributed by atoms with van der Waals surface area (Å²) in [6.45, 7) is 7.31. The van der Waals surface area contributed by atoms with Crippen LogP contribution >= 0.6 is 0 Å². The number of carbonyl (C=O) groups is 1. The highest BCUT2D eigenvalue weighted by Gasteiger charge is 2.28. The third kappa shape index (κ3) is 3.03. The second-order valence-corrected chi connectivity index (χ2v) is 5.90. The highest BCUT2D eigenvalue weighted by Crippen LogP contribution is 2.21. The fourth-order valence-corrected chi connectivity index (χ4v) is 2.98. The Bertz CT molecular complexity index is 494. The normalized spacial score (nSPS) is 20.4. The Hall–Kier alpha value is -1.36. The molecule has 1 aromatic heterocycles. The fraction of sp³-hybridized carbons (Fsp3) is 0.733. The van der Waals surface area contributed by atoms with Crippen molar-refractivity contribution in [1.29, 1.82) is 0 Å². The average Bonchev–Trinajstić information content (AvgIpc) is 2.95. The van der Waals surface area contributed by atoms with Crippen molar-refractivity contribution in [2.24, 2.45) is 13.0 Å². The Morgan fingerprint density at radius 2 is 2.20 bits per heavy atom. The van der Waals surface area contributed by atoms with Gasteiger partial charge in [-0.05, 0) is 39.2 Å². The number of aliphatic hydroxyl groups is 1. The van der Waals surface area contributed by atoms with E-state index in [-0.39, 0.29) is 17.9 Å². The Balaban J connectivity index is 1.90. The topological polar surface area (TPSA) is 58.4 Å². The minimum absolute atomic E-state index is 0.191. The Kier molecular flexibility index (Phi) is 4.48. The first kappa shape index (κ1) is 15.0. The van der Waals surface area contributed by atoms with Gasteiger partial charge in [0, 0.05) is 38.2 Å². The third-order valence-corrected chi connectivity index (χ3v) is 4.51. The molecule has 1 aliphatic heterocycles. The molecule has 0 aromatic carbocycles. The quantitative estimate of drug-likeness (QED) is 0.901. The van der Waals surface area contributed by atoms with Crippen LogP contribution in [0, 0.1) is 19.8 Å². The van der Waals surface area contributed by atoms with Crippen molar-refractivity contribution in [2.45, 2.75) is 46.1 Å². The van der Waals surface area contributed by atoms with Crippen molar-refractivity contribution >= 4 is 5.91 Å². The molecule has 1 amide bonds. The monoisotopic (exact) mass is 279 g/mol.